The molecule has 3 aromatic heterocycles. The molecule has 220 valence electrons. The van der Waals surface area contributed by atoms with Crippen LogP contribution in [0.4, 0.5) is 32.0 Å². The Labute approximate surface area is 245 Å². The minimum atomic E-state index is -4.93. The Morgan fingerprint density at radius 1 is 1.07 bits per heavy atom. The van der Waals surface area contributed by atoms with Crippen LogP contribution in [0.15, 0.2) is 36.5 Å². The number of amides is 2. The van der Waals surface area contributed by atoms with Gasteiger partial charge in [-0.3, -0.25) is 9.59 Å². The van der Waals surface area contributed by atoms with Gasteiger partial charge in [-0.25, -0.2) is 14.3 Å². The van der Waals surface area contributed by atoms with Crippen molar-refractivity contribution in [3.8, 4) is 5.82 Å². The van der Waals surface area contributed by atoms with E-state index in [2.05, 4.69) is 36.2 Å². The summed E-state index contributed by atoms with van der Waals surface area (Å²) in [7, 11) is 0. The number of tetrazole rings is 1. The molecule has 4 aromatic rings. The van der Waals surface area contributed by atoms with Gasteiger partial charge in [-0.05, 0) is 88.7 Å². The third-order valence-corrected chi connectivity index (χ3v) is 6.70. The van der Waals surface area contributed by atoms with Crippen molar-refractivity contribution in [3.05, 3.63) is 74.0 Å². The number of benzene rings is 1. The van der Waals surface area contributed by atoms with Gasteiger partial charge in [0.15, 0.2) is 5.82 Å². The number of hydrogen-bond acceptors (Lipinski definition) is 7. The lowest BCUT2D eigenvalue weighted by molar-refractivity contribution is -0.147. The van der Waals surface area contributed by atoms with Gasteiger partial charge in [0.05, 0.1) is 23.5 Å². The molecule has 2 N–H and O–H groups in total. The van der Waals surface area contributed by atoms with Gasteiger partial charge in [-0.2, -0.15) is 31.4 Å². The summed E-state index contributed by atoms with van der Waals surface area (Å²) < 4.78 is 83.2. The summed E-state index contributed by atoms with van der Waals surface area (Å²) in [5.41, 5.74) is -1.31. The second kappa shape index (κ2) is 11.0. The van der Waals surface area contributed by atoms with Gasteiger partial charge in [-0.15, -0.1) is 5.10 Å². The number of nitrogens with zero attached hydrogens (tertiary/aromatic N) is 7. The van der Waals surface area contributed by atoms with E-state index in [0.29, 0.717) is 18.5 Å². The number of rotatable bonds is 7. The molecule has 1 aliphatic carbocycles. The lowest BCUT2D eigenvalue weighted by atomic mass is 10.1. The van der Waals surface area contributed by atoms with Gasteiger partial charge in [0.25, 0.3) is 17.6 Å². The number of pyridine rings is 1. The Bertz CT molecular complexity index is 1680. The van der Waals surface area contributed by atoms with Crippen molar-refractivity contribution < 1.29 is 35.9 Å². The fraction of sp³-hybridized carbons (Fsp3) is 0.292. The minimum Gasteiger partial charge on any atom is -0.349 e. The molecule has 42 heavy (non-hydrogen) atoms. The Kier molecular flexibility index (Phi) is 7.66. The van der Waals surface area contributed by atoms with Crippen molar-refractivity contribution in [2.45, 2.75) is 44.7 Å². The number of hydrogen-bond donors (Lipinski definition) is 2. The first kappa shape index (κ1) is 29.4. The summed E-state index contributed by atoms with van der Waals surface area (Å²) in [5, 5.41) is 18.6. The molecule has 1 fully saturated rings. The molecule has 1 aromatic carbocycles. The first-order chi connectivity index (χ1) is 19.7. The van der Waals surface area contributed by atoms with E-state index in [1.165, 1.54) is 0 Å². The lowest BCUT2D eigenvalue weighted by Gasteiger charge is -2.16. The summed E-state index contributed by atoms with van der Waals surface area (Å²) in [4.78, 5) is 30.3. The molecule has 5 rings (SSSR count). The Morgan fingerprint density at radius 3 is 2.48 bits per heavy atom. The highest BCUT2D eigenvalue weighted by molar-refractivity contribution is 14.1. The molecule has 0 spiro atoms. The highest BCUT2D eigenvalue weighted by Gasteiger charge is 2.39. The van der Waals surface area contributed by atoms with Gasteiger partial charge < -0.3 is 10.6 Å². The maximum Gasteiger partial charge on any atom is 0.453 e. The minimum absolute atomic E-state index is 0.000949. The second-order valence-corrected chi connectivity index (χ2v) is 10.6. The lowest BCUT2D eigenvalue weighted by Crippen LogP contribution is -2.28. The topological polar surface area (TPSA) is 133 Å². The highest BCUT2D eigenvalue weighted by atomic mass is 127. The van der Waals surface area contributed by atoms with Crippen molar-refractivity contribution in [3.63, 3.8) is 0 Å². The molecule has 18 heteroatoms. The highest BCUT2D eigenvalue weighted by Crippen LogP contribution is 2.34. The van der Waals surface area contributed by atoms with E-state index in [1.54, 1.807) is 19.1 Å². The van der Waals surface area contributed by atoms with Crippen LogP contribution >= 0.6 is 22.6 Å². The van der Waals surface area contributed by atoms with E-state index in [9.17, 15) is 35.9 Å². The third kappa shape index (κ3) is 6.21. The average Bonchev–Trinajstić information content (AvgIpc) is 3.40. The van der Waals surface area contributed by atoms with Crippen molar-refractivity contribution in [1.82, 2.24) is 40.3 Å². The quantitative estimate of drug-likeness (QED) is 0.215. The third-order valence-electron chi connectivity index (χ3n) is 6.08. The molecule has 0 saturated heterocycles. The molecule has 1 saturated carbocycles. The standard InChI is InChI=1S/C24H18F6IN9O2/c1-11-7-12(31)8-15(20(41)33-13-4-5-13)18(11)34-21(42)17-9-14(10-39-22(24(28,29)30)35-37-38-39)36-40(17)19-16(23(25,26)27)3-2-6-32-19/h2-3,6-9,13H,4-5,10H2,1H3,(H,33,41)(H,34,42). The summed E-state index contributed by atoms with van der Waals surface area (Å²) in [6.07, 6.45) is -7.19. The zero-order valence-corrected chi connectivity index (χ0v) is 23.4. The van der Waals surface area contributed by atoms with Crippen LogP contribution in [0.2, 0.25) is 0 Å². The van der Waals surface area contributed by atoms with Crippen molar-refractivity contribution >= 4 is 40.1 Å². The largest absolute Gasteiger partial charge is 0.453 e. The SMILES string of the molecule is Cc1cc(I)cc(C(=O)NC2CC2)c1NC(=O)c1cc(Cn2nnnc2C(F)(F)F)nn1-c1ncccc1C(F)(F)F. The van der Waals surface area contributed by atoms with E-state index in [1.807, 2.05) is 22.6 Å². The van der Waals surface area contributed by atoms with Crippen LogP contribution in [0.1, 0.15) is 56.3 Å². The summed E-state index contributed by atoms with van der Waals surface area (Å²) in [5.74, 6) is -3.71. The second-order valence-electron chi connectivity index (χ2n) is 9.31. The normalized spacial score (nSPS) is 13.7. The molecule has 0 unspecified atom stereocenters. The van der Waals surface area contributed by atoms with Gasteiger partial charge >= 0.3 is 12.4 Å². The summed E-state index contributed by atoms with van der Waals surface area (Å²) in [6.45, 7) is 0.895. The number of aromatic nitrogens is 7. The fourth-order valence-corrected chi connectivity index (χ4v) is 4.82. The van der Waals surface area contributed by atoms with E-state index >= 15 is 0 Å². The predicted molar refractivity (Wildman–Crippen MR) is 141 cm³/mol. The maximum atomic E-state index is 13.9. The molecule has 11 nitrogen and oxygen atoms in total. The van der Waals surface area contributed by atoms with Crippen molar-refractivity contribution in [2.75, 3.05) is 5.32 Å². The fourth-order valence-electron chi connectivity index (χ4n) is 4.04. The van der Waals surface area contributed by atoms with Crippen LogP contribution < -0.4 is 10.6 Å². The van der Waals surface area contributed by atoms with E-state index in [0.717, 1.165) is 37.2 Å². The summed E-state index contributed by atoms with van der Waals surface area (Å²) >= 11 is 2.00. The zero-order valence-electron chi connectivity index (χ0n) is 21.3. The van der Waals surface area contributed by atoms with Crippen LogP contribution in [-0.2, 0) is 18.9 Å². The molecule has 2 amide bonds. The number of nitrogens with one attached hydrogen (secondary N) is 2. The van der Waals surface area contributed by atoms with Crippen molar-refractivity contribution in [2.24, 2.45) is 0 Å². The molecule has 0 radical (unpaired) electrons. The maximum absolute atomic E-state index is 13.9. The Hall–Kier alpha value is -4.10. The van der Waals surface area contributed by atoms with Crippen LogP contribution in [-0.4, -0.2) is 52.8 Å². The first-order valence-electron chi connectivity index (χ1n) is 12.1. The van der Waals surface area contributed by atoms with E-state index in [-0.39, 0.29) is 23.0 Å². The number of anilines is 1. The number of carbonyl (C=O) groups excluding carboxylic acids is 2. The van der Waals surface area contributed by atoms with Crippen molar-refractivity contribution in [1.29, 1.82) is 0 Å². The molecule has 3 heterocycles. The van der Waals surface area contributed by atoms with Crippen LogP contribution in [0.3, 0.4) is 0 Å². The van der Waals surface area contributed by atoms with Crippen LogP contribution in [0.5, 0.6) is 0 Å². The van der Waals surface area contributed by atoms with Gasteiger partial charge in [0.2, 0.25) is 0 Å². The molecular weight excluding hydrogens is 687 g/mol. The van der Waals surface area contributed by atoms with Gasteiger partial charge in [0, 0.05) is 15.8 Å². The molecule has 0 aliphatic heterocycles. The number of carbonyl (C=O) groups is 2. The predicted octanol–water partition coefficient (Wildman–Crippen LogP) is 4.40. The first-order valence-corrected chi connectivity index (χ1v) is 13.2. The number of aryl methyl sites for hydroxylation is 1. The molecular formula is C24H18F6IN9O2. The smallest absolute Gasteiger partial charge is 0.349 e. The Morgan fingerprint density at radius 2 is 1.81 bits per heavy atom. The van der Waals surface area contributed by atoms with Crippen LogP contribution in [0, 0.1) is 10.5 Å². The van der Waals surface area contributed by atoms with E-state index < -0.39 is 53.6 Å². The number of alkyl halides is 6. The van der Waals surface area contributed by atoms with Gasteiger partial charge in [0.1, 0.15) is 11.3 Å². The Balaban J connectivity index is 1.59. The monoisotopic (exact) mass is 705 g/mol. The van der Waals surface area contributed by atoms with Crippen LogP contribution in [0.25, 0.3) is 5.82 Å². The molecule has 0 atom stereocenters. The summed E-state index contributed by atoms with van der Waals surface area (Å²) in [6, 6.07) is 5.98. The van der Waals surface area contributed by atoms with E-state index in [4.69, 9.17) is 0 Å². The number of halogens is 7. The molecule has 1 aliphatic rings. The average molecular weight is 705 g/mol. The zero-order chi connectivity index (χ0) is 30.4. The molecule has 0 bridgehead atoms. The van der Waals surface area contributed by atoms with Gasteiger partial charge in [-0.1, -0.05) is 0 Å².